The van der Waals surface area contributed by atoms with Crippen molar-refractivity contribution in [3.05, 3.63) is 57.9 Å². The Kier molecular flexibility index (Phi) is 3.56. The van der Waals surface area contributed by atoms with E-state index >= 15 is 0 Å². The quantitative estimate of drug-likeness (QED) is 0.646. The number of carbonyl (C=O) groups excluding carboxylic acids is 1. The van der Waals surface area contributed by atoms with Crippen LogP contribution in [0.5, 0.6) is 0 Å². The molecule has 0 bridgehead atoms. The number of nitrogens with one attached hydrogen (secondary N) is 2. The molecule has 98 valence electrons. The van der Waals surface area contributed by atoms with Crippen LogP contribution in [0.3, 0.4) is 0 Å². The average Bonchev–Trinajstić information content (AvgIpc) is 2.92. The maximum atomic E-state index is 12.0. The van der Waals surface area contributed by atoms with Crippen LogP contribution in [-0.4, -0.2) is 21.0 Å². The van der Waals surface area contributed by atoms with Crippen molar-refractivity contribution in [1.82, 2.24) is 15.5 Å². The van der Waals surface area contributed by atoms with Crippen LogP contribution >= 0.6 is 0 Å². The van der Waals surface area contributed by atoms with Gasteiger partial charge < -0.3 is 5.32 Å². The molecule has 2 rings (SSSR count). The van der Waals surface area contributed by atoms with Crippen LogP contribution in [0.2, 0.25) is 0 Å². The van der Waals surface area contributed by atoms with Gasteiger partial charge in [0, 0.05) is 17.8 Å². The lowest BCUT2D eigenvalue weighted by molar-refractivity contribution is -0.385. The number of hydrogen-bond acceptors (Lipinski definition) is 4. The third-order valence-electron chi connectivity index (χ3n) is 2.71. The molecule has 1 heterocycles. The molecular weight excluding hydrogens is 248 g/mol. The maximum absolute atomic E-state index is 12.0. The Labute approximate surface area is 108 Å². The number of amides is 1. The first-order valence-electron chi connectivity index (χ1n) is 5.62. The second-order valence-corrected chi connectivity index (χ2v) is 4.00. The van der Waals surface area contributed by atoms with Crippen molar-refractivity contribution in [2.45, 2.75) is 13.0 Å². The molecule has 0 aliphatic carbocycles. The van der Waals surface area contributed by atoms with E-state index in [-0.39, 0.29) is 17.3 Å². The second kappa shape index (κ2) is 5.30. The number of aromatic nitrogens is 2. The SMILES string of the molecule is CC(NC(=O)c1ccccc1[N+](=O)[O-])c1cn[nH]c1. The highest BCUT2D eigenvalue weighted by atomic mass is 16.6. The molecule has 2 N–H and O–H groups in total. The third-order valence-corrected chi connectivity index (χ3v) is 2.71. The number of carbonyl (C=O) groups is 1. The van der Waals surface area contributed by atoms with Crippen LogP contribution in [-0.2, 0) is 0 Å². The summed E-state index contributed by atoms with van der Waals surface area (Å²) in [6.07, 6.45) is 3.24. The summed E-state index contributed by atoms with van der Waals surface area (Å²) in [6.45, 7) is 1.78. The number of rotatable bonds is 4. The fourth-order valence-electron chi connectivity index (χ4n) is 1.68. The van der Waals surface area contributed by atoms with Gasteiger partial charge in [0.2, 0.25) is 0 Å². The standard InChI is InChI=1S/C12H12N4O3/c1-8(9-6-13-14-7-9)15-12(17)10-4-2-3-5-11(10)16(18)19/h2-8H,1H3,(H,13,14)(H,15,17). The third kappa shape index (κ3) is 2.76. The summed E-state index contributed by atoms with van der Waals surface area (Å²) in [5, 5.41) is 20.0. The molecule has 19 heavy (non-hydrogen) atoms. The summed E-state index contributed by atoms with van der Waals surface area (Å²) in [4.78, 5) is 22.3. The molecule has 7 heteroatoms. The lowest BCUT2D eigenvalue weighted by Gasteiger charge is -2.11. The number of nitrogens with zero attached hydrogens (tertiary/aromatic N) is 2. The molecule has 1 unspecified atom stereocenters. The summed E-state index contributed by atoms with van der Waals surface area (Å²) in [5.74, 6) is -0.485. The van der Waals surface area contributed by atoms with Crippen molar-refractivity contribution >= 4 is 11.6 Å². The zero-order chi connectivity index (χ0) is 13.8. The maximum Gasteiger partial charge on any atom is 0.282 e. The molecule has 0 saturated carbocycles. The summed E-state index contributed by atoms with van der Waals surface area (Å²) in [5.41, 5.74) is 0.633. The Morgan fingerprint density at radius 2 is 2.21 bits per heavy atom. The normalized spacial score (nSPS) is 11.8. The first-order valence-corrected chi connectivity index (χ1v) is 5.62. The van der Waals surface area contributed by atoms with E-state index in [1.54, 1.807) is 25.4 Å². The number of hydrogen-bond donors (Lipinski definition) is 2. The molecule has 0 saturated heterocycles. The molecule has 0 radical (unpaired) electrons. The molecule has 0 fully saturated rings. The van der Waals surface area contributed by atoms with Gasteiger partial charge in [0.1, 0.15) is 5.56 Å². The molecule has 1 amide bonds. The molecule has 1 atom stereocenters. The fraction of sp³-hybridized carbons (Fsp3) is 0.167. The summed E-state index contributed by atoms with van der Waals surface area (Å²) >= 11 is 0. The molecule has 2 aromatic rings. The molecule has 0 aliphatic rings. The van der Waals surface area contributed by atoms with Crippen molar-refractivity contribution in [3.8, 4) is 0 Å². The largest absolute Gasteiger partial charge is 0.345 e. The van der Waals surface area contributed by atoms with Crippen LogP contribution in [0, 0.1) is 10.1 Å². The number of para-hydroxylation sites is 1. The number of nitro benzene ring substituents is 1. The van der Waals surface area contributed by atoms with Gasteiger partial charge in [-0.1, -0.05) is 12.1 Å². The van der Waals surface area contributed by atoms with Crippen molar-refractivity contribution in [2.24, 2.45) is 0 Å². The Balaban J connectivity index is 2.19. The summed E-state index contributed by atoms with van der Waals surface area (Å²) < 4.78 is 0. The van der Waals surface area contributed by atoms with Gasteiger partial charge in [-0.3, -0.25) is 20.0 Å². The number of benzene rings is 1. The van der Waals surface area contributed by atoms with Crippen molar-refractivity contribution in [2.75, 3.05) is 0 Å². The minimum absolute atomic E-state index is 0.0443. The number of H-pyrrole nitrogens is 1. The lowest BCUT2D eigenvalue weighted by Crippen LogP contribution is -2.27. The summed E-state index contributed by atoms with van der Waals surface area (Å²) in [7, 11) is 0. The van der Waals surface area contributed by atoms with Gasteiger partial charge >= 0.3 is 0 Å². The van der Waals surface area contributed by atoms with Gasteiger partial charge in [0.25, 0.3) is 11.6 Å². The highest BCUT2D eigenvalue weighted by molar-refractivity contribution is 5.98. The minimum atomic E-state index is -0.572. The van der Waals surface area contributed by atoms with E-state index in [1.165, 1.54) is 18.2 Å². The Bertz CT molecular complexity index is 595. The van der Waals surface area contributed by atoms with Crippen molar-refractivity contribution in [3.63, 3.8) is 0 Å². The van der Waals surface area contributed by atoms with Crippen LogP contribution in [0.4, 0.5) is 5.69 Å². The van der Waals surface area contributed by atoms with Crippen LogP contribution < -0.4 is 5.32 Å². The van der Waals surface area contributed by atoms with E-state index in [9.17, 15) is 14.9 Å². The Morgan fingerprint density at radius 1 is 1.47 bits per heavy atom. The predicted molar refractivity (Wildman–Crippen MR) is 67.6 cm³/mol. The highest BCUT2D eigenvalue weighted by Crippen LogP contribution is 2.19. The first-order chi connectivity index (χ1) is 9.09. The van der Waals surface area contributed by atoms with Crippen molar-refractivity contribution in [1.29, 1.82) is 0 Å². The lowest BCUT2D eigenvalue weighted by atomic mass is 10.1. The molecule has 0 aliphatic heterocycles. The zero-order valence-electron chi connectivity index (χ0n) is 10.2. The predicted octanol–water partition coefficient (Wildman–Crippen LogP) is 1.81. The smallest absolute Gasteiger partial charge is 0.282 e. The van der Waals surface area contributed by atoms with Crippen LogP contribution in [0.15, 0.2) is 36.7 Å². The zero-order valence-corrected chi connectivity index (χ0v) is 10.2. The fourth-order valence-corrected chi connectivity index (χ4v) is 1.68. The summed E-state index contributed by atoms with van der Waals surface area (Å²) in [6, 6.07) is 5.55. The molecule has 0 spiro atoms. The number of aromatic amines is 1. The molecular formula is C12H12N4O3. The van der Waals surface area contributed by atoms with Crippen LogP contribution in [0.25, 0.3) is 0 Å². The average molecular weight is 260 g/mol. The molecule has 1 aromatic carbocycles. The Morgan fingerprint density at radius 3 is 2.84 bits per heavy atom. The van der Waals surface area contributed by atoms with E-state index in [0.717, 1.165) is 5.56 Å². The second-order valence-electron chi connectivity index (χ2n) is 4.00. The monoisotopic (exact) mass is 260 g/mol. The Hall–Kier alpha value is -2.70. The van der Waals surface area contributed by atoms with E-state index in [1.807, 2.05) is 0 Å². The van der Waals surface area contributed by atoms with E-state index in [2.05, 4.69) is 15.5 Å². The number of nitro groups is 1. The molecule has 7 nitrogen and oxygen atoms in total. The van der Waals surface area contributed by atoms with E-state index in [4.69, 9.17) is 0 Å². The van der Waals surface area contributed by atoms with Gasteiger partial charge in [-0.25, -0.2) is 0 Å². The van der Waals surface area contributed by atoms with E-state index < -0.39 is 10.8 Å². The van der Waals surface area contributed by atoms with Gasteiger partial charge in [-0.05, 0) is 13.0 Å². The van der Waals surface area contributed by atoms with Gasteiger partial charge in [0.05, 0.1) is 17.2 Å². The highest BCUT2D eigenvalue weighted by Gasteiger charge is 2.20. The molecule has 1 aromatic heterocycles. The van der Waals surface area contributed by atoms with Gasteiger partial charge in [-0.2, -0.15) is 5.10 Å². The van der Waals surface area contributed by atoms with E-state index in [0.29, 0.717) is 0 Å². The van der Waals surface area contributed by atoms with Crippen molar-refractivity contribution < 1.29 is 9.72 Å². The van der Waals surface area contributed by atoms with Crippen LogP contribution in [0.1, 0.15) is 28.9 Å². The minimum Gasteiger partial charge on any atom is -0.345 e. The van der Waals surface area contributed by atoms with Gasteiger partial charge in [0.15, 0.2) is 0 Å². The first kappa shape index (κ1) is 12.7. The van der Waals surface area contributed by atoms with Gasteiger partial charge in [-0.15, -0.1) is 0 Å². The topological polar surface area (TPSA) is 101 Å².